The van der Waals surface area contributed by atoms with E-state index in [0.717, 1.165) is 19.3 Å². The molecule has 0 saturated heterocycles. The normalized spacial score (nSPS) is 9.30. The first kappa shape index (κ1) is 9.14. The van der Waals surface area contributed by atoms with E-state index in [4.69, 9.17) is 5.73 Å². The predicted octanol–water partition coefficient (Wildman–Crippen LogP) is 0.621. The number of primary amides is 1. The van der Waals surface area contributed by atoms with Crippen LogP contribution >= 0.6 is 0 Å². The van der Waals surface area contributed by atoms with Gasteiger partial charge in [-0.2, -0.15) is 0 Å². The molecular formula is C7H13NO2. The summed E-state index contributed by atoms with van der Waals surface area (Å²) in [5, 5.41) is 0. The van der Waals surface area contributed by atoms with E-state index in [0.29, 0.717) is 6.42 Å². The van der Waals surface area contributed by atoms with E-state index in [1.807, 2.05) is 6.92 Å². The third-order valence-electron chi connectivity index (χ3n) is 1.28. The van der Waals surface area contributed by atoms with Crippen LogP contribution < -0.4 is 5.73 Å². The first-order valence-corrected chi connectivity index (χ1v) is 3.51. The molecule has 0 saturated carbocycles. The van der Waals surface area contributed by atoms with Crippen LogP contribution in [0.3, 0.4) is 0 Å². The Balaban J connectivity index is 3.31. The molecule has 0 atom stereocenters. The molecule has 0 unspecified atom stereocenters. The number of carbonyl (C=O) groups excluding carboxylic acids is 2. The molecule has 0 bridgehead atoms. The molecule has 1 amide bonds. The van der Waals surface area contributed by atoms with Gasteiger partial charge in [-0.25, -0.2) is 0 Å². The van der Waals surface area contributed by atoms with Crippen molar-refractivity contribution in [2.24, 2.45) is 5.73 Å². The van der Waals surface area contributed by atoms with E-state index in [1.165, 1.54) is 0 Å². The lowest BCUT2D eigenvalue weighted by Crippen LogP contribution is -2.22. The Morgan fingerprint density at radius 3 is 2.30 bits per heavy atom. The highest BCUT2D eigenvalue weighted by Crippen LogP contribution is 1.98. The van der Waals surface area contributed by atoms with Gasteiger partial charge in [0.2, 0.25) is 5.78 Å². The average Bonchev–Trinajstić information content (AvgIpc) is 1.88. The van der Waals surface area contributed by atoms with Crippen LogP contribution in [-0.4, -0.2) is 11.7 Å². The van der Waals surface area contributed by atoms with Crippen molar-refractivity contribution < 1.29 is 9.59 Å². The number of nitrogens with two attached hydrogens (primary N) is 1. The molecule has 0 rings (SSSR count). The third-order valence-corrected chi connectivity index (χ3v) is 1.28. The zero-order valence-corrected chi connectivity index (χ0v) is 6.22. The highest BCUT2D eigenvalue weighted by molar-refractivity contribution is 6.35. The maximum atomic E-state index is 10.5. The van der Waals surface area contributed by atoms with E-state index < -0.39 is 11.7 Å². The fourth-order valence-corrected chi connectivity index (χ4v) is 0.659. The molecule has 0 heterocycles. The van der Waals surface area contributed by atoms with Crippen molar-refractivity contribution in [3.8, 4) is 0 Å². The Morgan fingerprint density at radius 2 is 1.90 bits per heavy atom. The maximum absolute atomic E-state index is 10.5. The van der Waals surface area contributed by atoms with E-state index in [-0.39, 0.29) is 0 Å². The maximum Gasteiger partial charge on any atom is 0.284 e. The Hall–Kier alpha value is -0.860. The Labute approximate surface area is 60.6 Å². The van der Waals surface area contributed by atoms with E-state index >= 15 is 0 Å². The van der Waals surface area contributed by atoms with Gasteiger partial charge in [-0.15, -0.1) is 0 Å². The van der Waals surface area contributed by atoms with Crippen molar-refractivity contribution in [1.29, 1.82) is 0 Å². The van der Waals surface area contributed by atoms with Crippen LogP contribution in [0.2, 0.25) is 0 Å². The summed E-state index contributed by atoms with van der Waals surface area (Å²) in [5.41, 5.74) is 4.73. The molecular weight excluding hydrogens is 130 g/mol. The fourth-order valence-electron chi connectivity index (χ4n) is 0.659. The molecule has 0 aliphatic heterocycles. The molecule has 0 aromatic heterocycles. The van der Waals surface area contributed by atoms with Crippen molar-refractivity contribution in [1.82, 2.24) is 0 Å². The van der Waals surface area contributed by atoms with E-state index in [2.05, 4.69) is 0 Å². The number of hydrogen-bond donors (Lipinski definition) is 1. The summed E-state index contributed by atoms with van der Waals surface area (Å²) in [6.45, 7) is 2.04. The van der Waals surface area contributed by atoms with Gasteiger partial charge in [-0.1, -0.05) is 19.8 Å². The molecule has 3 heteroatoms. The highest BCUT2D eigenvalue weighted by atomic mass is 16.2. The lowest BCUT2D eigenvalue weighted by atomic mass is 10.1. The molecule has 10 heavy (non-hydrogen) atoms. The minimum absolute atomic E-state index is 0.309. The second kappa shape index (κ2) is 4.97. The number of carbonyl (C=O) groups is 2. The second-order valence-corrected chi connectivity index (χ2v) is 2.24. The predicted molar refractivity (Wildman–Crippen MR) is 38.3 cm³/mol. The van der Waals surface area contributed by atoms with Crippen molar-refractivity contribution in [2.45, 2.75) is 32.6 Å². The summed E-state index contributed by atoms with van der Waals surface area (Å²) in [6, 6.07) is 0. The molecule has 3 nitrogen and oxygen atoms in total. The van der Waals surface area contributed by atoms with Gasteiger partial charge in [0.1, 0.15) is 0 Å². The van der Waals surface area contributed by atoms with E-state index in [1.54, 1.807) is 0 Å². The molecule has 0 fully saturated rings. The largest absolute Gasteiger partial charge is 0.363 e. The lowest BCUT2D eigenvalue weighted by molar-refractivity contribution is -0.136. The van der Waals surface area contributed by atoms with Gasteiger partial charge in [0, 0.05) is 6.42 Å². The topological polar surface area (TPSA) is 60.2 Å². The molecule has 0 aliphatic carbocycles. The van der Waals surface area contributed by atoms with Gasteiger partial charge in [0.15, 0.2) is 0 Å². The monoisotopic (exact) mass is 143 g/mol. The lowest BCUT2D eigenvalue weighted by Gasteiger charge is -1.93. The molecule has 0 spiro atoms. The van der Waals surface area contributed by atoms with E-state index in [9.17, 15) is 9.59 Å². The minimum Gasteiger partial charge on any atom is -0.363 e. The van der Waals surface area contributed by atoms with Crippen LogP contribution in [-0.2, 0) is 9.59 Å². The summed E-state index contributed by atoms with van der Waals surface area (Å²) in [6.07, 6.45) is 3.12. The molecule has 0 aromatic carbocycles. The first-order chi connectivity index (χ1) is 4.68. The Kier molecular flexibility index (Phi) is 4.54. The average molecular weight is 143 g/mol. The van der Waals surface area contributed by atoms with Crippen molar-refractivity contribution in [2.75, 3.05) is 0 Å². The summed E-state index contributed by atoms with van der Waals surface area (Å²) in [4.78, 5) is 20.7. The summed E-state index contributed by atoms with van der Waals surface area (Å²) in [5.74, 6) is -1.26. The van der Waals surface area contributed by atoms with Gasteiger partial charge in [0.25, 0.3) is 5.91 Å². The van der Waals surface area contributed by atoms with Crippen LogP contribution in [0.15, 0.2) is 0 Å². The summed E-state index contributed by atoms with van der Waals surface area (Å²) >= 11 is 0. The summed E-state index contributed by atoms with van der Waals surface area (Å²) in [7, 11) is 0. The van der Waals surface area contributed by atoms with Crippen molar-refractivity contribution in [3.63, 3.8) is 0 Å². The number of unbranched alkanes of at least 4 members (excludes halogenated alkanes) is 2. The van der Waals surface area contributed by atoms with Gasteiger partial charge >= 0.3 is 0 Å². The minimum atomic E-state index is -0.809. The molecule has 58 valence electrons. The SMILES string of the molecule is CCCCCC(=O)C(N)=O. The van der Waals surface area contributed by atoms with Crippen LogP contribution in [0, 0.1) is 0 Å². The van der Waals surface area contributed by atoms with Gasteiger partial charge in [-0.3, -0.25) is 9.59 Å². The number of hydrogen-bond acceptors (Lipinski definition) is 2. The number of amides is 1. The number of ketones is 1. The number of Topliss-reactive ketones (excluding diaryl/α,β-unsaturated/α-hetero) is 1. The van der Waals surface area contributed by atoms with Crippen LogP contribution in [0.25, 0.3) is 0 Å². The van der Waals surface area contributed by atoms with Crippen LogP contribution in [0.5, 0.6) is 0 Å². The molecule has 2 N–H and O–H groups in total. The van der Waals surface area contributed by atoms with Gasteiger partial charge in [0.05, 0.1) is 0 Å². The Bertz CT molecular complexity index is 132. The smallest absolute Gasteiger partial charge is 0.284 e. The molecule has 0 aromatic rings. The molecule has 0 aliphatic rings. The zero-order valence-electron chi connectivity index (χ0n) is 6.22. The molecule has 0 radical (unpaired) electrons. The summed E-state index contributed by atoms with van der Waals surface area (Å²) < 4.78 is 0. The van der Waals surface area contributed by atoms with Gasteiger partial charge in [-0.05, 0) is 6.42 Å². The first-order valence-electron chi connectivity index (χ1n) is 3.51. The number of rotatable bonds is 5. The zero-order chi connectivity index (χ0) is 7.98. The van der Waals surface area contributed by atoms with Crippen LogP contribution in [0.1, 0.15) is 32.6 Å². The fraction of sp³-hybridized carbons (Fsp3) is 0.714. The van der Waals surface area contributed by atoms with Crippen molar-refractivity contribution >= 4 is 11.7 Å². The standard InChI is InChI=1S/C7H13NO2/c1-2-3-4-5-6(9)7(8)10/h2-5H2,1H3,(H2,8,10). The Morgan fingerprint density at radius 1 is 1.30 bits per heavy atom. The second-order valence-electron chi connectivity index (χ2n) is 2.24. The van der Waals surface area contributed by atoms with Gasteiger partial charge < -0.3 is 5.73 Å². The quantitative estimate of drug-likeness (QED) is 0.453. The third kappa shape index (κ3) is 4.06. The van der Waals surface area contributed by atoms with Crippen LogP contribution in [0.4, 0.5) is 0 Å². The highest BCUT2D eigenvalue weighted by Gasteiger charge is 2.06. The van der Waals surface area contributed by atoms with Crippen molar-refractivity contribution in [3.05, 3.63) is 0 Å².